The molecule has 1 saturated carbocycles. The summed E-state index contributed by atoms with van der Waals surface area (Å²) in [6, 6.07) is 10.5. The highest BCUT2D eigenvalue weighted by Gasteiger charge is 2.31. The molecule has 1 heterocycles. The average molecular weight is 252 g/mol. The Bertz CT molecular complexity index is 627. The fourth-order valence-electron chi connectivity index (χ4n) is 2.28. The number of nitriles is 1. The summed E-state index contributed by atoms with van der Waals surface area (Å²) in [6.45, 7) is 4.35. The monoisotopic (exact) mass is 252 g/mol. The molecule has 0 aliphatic heterocycles. The Morgan fingerprint density at radius 2 is 1.95 bits per heavy atom. The van der Waals surface area contributed by atoms with E-state index in [2.05, 4.69) is 54.5 Å². The summed E-state index contributed by atoms with van der Waals surface area (Å²) in [5, 5.41) is 17.2. The van der Waals surface area contributed by atoms with Crippen LogP contribution in [0.25, 0.3) is 5.69 Å². The lowest BCUT2D eigenvalue weighted by Crippen LogP contribution is -2.02. The number of rotatable bonds is 3. The first-order chi connectivity index (χ1) is 9.20. The number of hydrogen-bond acceptors (Lipinski definition) is 3. The van der Waals surface area contributed by atoms with Gasteiger partial charge in [0.1, 0.15) is 6.07 Å². The molecule has 0 atom stereocenters. The second-order valence-corrected chi connectivity index (χ2v) is 5.37. The molecule has 1 fully saturated rings. The van der Waals surface area contributed by atoms with Crippen molar-refractivity contribution in [1.82, 2.24) is 15.0 Å². The SMILES string of the molecule is CC(C)c1ccc(-n2nnc(C#N)c2C2CC2)cc1. The molecule has 4 nitrogen and oxygen atoms in total. The third-order valence-corrected chi connectivity index (χ3v) is 3.58. The summed E-state index contributed by atoms with van der Waals surface area (Å²) in [5.74, 6) is 0.969. The van der Waals surface area contributed by atoms with E-state index in [1.54, 1.807) is 0 Å². The first kappa shape index (κ1) is 11.9. The predicted octanol–water partition coefficient (Wildman–Crippen LogP) is 3.14. The van der Waals surface area contributed by atoms with Crippen LogP contribution in [0.1, 0.15) is 55.5 Å². The van der Waals surface area contributed by atoms with Crippen LogP contribution in [0.5, 0.6) is 0 Å². The largest absolute Gasteiger partial charge is 0.216 e. The topological polar surface area (TPSA) is 54.5 Å². The molecule has 0 unspecified atom stereocenters. The zero-order valence-electron chi connectivity index (χ0n) is 11.2. The third-order valence-electron chi connectivity index (χ3n) is 3.58. The Labute approximate surface area is 112 Å². The van der Waals surface area contributed by atoms with Crippen molar-refractivity contribution in [3.05, 3.63) is 41.2 Å². The highest BCUT2D eigenvalue weighted by Crippen LogP contribution is 2.41. The van der Waals surface area contributed by atoms with E-state index in [1.807, 2.05) is 4.68 Å². The van der Waals surface area contributed by atoms with Crippen molar-refractivity contribution in [2.75, 3.05) is 0 Å². The summed E-state index contributed by atoms with van der Waals surface area (Å²) in [6.07, 6.45) is 2.26. The molecule has 2 aromatic rings. The van der Waals surface area contributed by atoms with Gasteiger partial charge in [-0.3, -0.25) is 0 Å². The van der Waals surface area contributed by atoms with Crippen LogP contribution in [0, 0.1) is 11.3 Å². The minimum absolute atomic E-state index is 0.453. The van der Waals surface area contributed by atoms with Crippen LogP contribution in [0.4, 0.5) is 0 Å². The van der Waals surface area contributed by atoms with Gasteiger partial charge in [0.25, 0.3) is 0 Å². The Balaban J connectivity index is 2.02. The molecular weight excluding hydrogens is 236 g/mol. The molecular formula is C15H16N4. The molecule has 3 rings (SSSR count). The fourth-order valence-corrected chi connectivity index (χ4v) is 2.28. The summed E-state index contributed by atoms with van der Waals surface area (Å²) >= 11 is 0. The van der Waals surface area contributed by atoms with E-state index < -0.39 is 0 Å². The van der Waals surface area contributed by atoms with Gasteiger partial charge in [-0.15, -0.1) is 5.10 Å². The van der Waals surface area contributed by atoms with E-state index in [1.165, 1.54) is 5.56 Å². The van der Waals surface area contributed by atoms with Crippen molar-refractivity contribution >= 4 is 0 Å². The van der Waals surface area contributed by atoms with Gasteiger partial charge >= 0.3 is 0 Å². The van der Waals surface area contributed by atoms with Crippen molar-refractivity contribution in [2.24, 2.45) is 0 Å². The van der Waals surface area contributed by atoms with Gasteiger partial charge in [-0.1, -0.05) is 31.2 Å². The molecule has 4 heteroatoms. The minimum atomic E-state index is 0.453. The smallest absolute Gasteiger partial charge is 0.186 e. The van der Waals surface area contributed by atoms with Crippen LogP contribution in [-0.4, -0.2) is 15.0 Å². The van der Waals surface area contributed by atoms with Gasteiger partial charge in [0.15, 0.2) is 5.69 Å². The normalized spacial score (nSPS) is 14.6. The van der Waals surface area contributed by atoms with Crippen LogP contribution in [0.3, 0.4) is 0 Å². The Hall–Kier alpha value is -2.15. The van der Waals surface area contributed by atoms with Crippen molar-refractivity contribution in [3.8, 4) is 11.8 Å². The number of nitrogens with zero attached hydrogens (tertiary/aromatic N) is 4. The van der Waals surface area contributed by atoms with Crippen molar-refractivity contribution in [2.45, 2.75) is 38.5 Å². The van der Waals surface area contributed by atoms with Crippen LogP contribution >= 0.6 is 0 Å². The van der Waals surface area contributed by atoms with Crippen molar-refractivity contribution < 1.29 is 0 Å². The molecule has 0 spiro atoms. The van der Waals surface area contributed by atoms with Crippen LogP contribution in [0.2, 0.25) is 0 Å². The fraction of sp³-hybridized carbons (Fsp3) is 0.400. The molecule has 19 heavy (non-hydrogen) atoms. The van der Waals surface area contributed by atoms with Crippen molar-refractivity contribution in [3.63, 3.8) is 0 Å². The molecule has 1 aromatic carbocycles. The molecule has 0 radical (unpaired) electrons. The number of aromatic nitrogens is 3. The van der Waals surface area contributed by atoms with E-state index in [4.69, 9.17) is 5.26 Å². The maximum atomic E-state index is 9.11. The van der Waals surface area contributed by atoms with Crippen LogP contribution in [-0.2, 0) is 0 Å². The predicted molar refractivity (Wildman–Crippen MR) is 72.1 cm³/mol. The Morgan fingerprint density at radius 1 is 1.26 bits per heavy atom. The standard InChI is InChI=1S/C15H16N4/c1-10(2)11-5-7-13(8-6-11)19-15(12-3-4-12)14(9-16)17-18-19/h5-8,10,12H,3-4H2,1-2H3. The highest BCUT2D eigenvalue weighted by atomic mass is 15.4. The summed E-state index contributed by atoms with van der Waals surface area (Å²) in [4.78, 5) is 0. The molecule has 0 N–H and O–H groups in total. The van der Waals surface area contributed by atoms with Gasteiger partial charge in [0.05, 0.1) is 11.4 Å². The second kappa shape index (κ2) is 4.51. The summed E-state index contributed by atoms with van der Waals surface area (Å²) in [5.41, 5.74) is 3.73. The third kappa shape index (κ3) is 2.12. The van der Waals surface area contributed by atoms with Crippen LogP contribution in [0.15, 0.2) is 24.3 Å². The van der Waals surface area contributed by atoms with Gasteiger partial charge in [-0.2, -0.15) is 5.26 Å². The molecule has 1 aliphatic carbocycles. The zero-order chi connectivity index (χ0) is 13.4. The molecule has 0 amide bonds. The lowest BCUT2D eigenvalue weighted by Gasteiger charge is -2.08. The molecule has 1 aromatic heterocycles. The molecule has 96 valence electrons. The number of hydrogen-bond donors (Lipinski definition) is 0. The second-order valence-electron chi connectivity index (χ2n) is 5.37. The first-order valence-corrected chi connectivity index (χ1v) is 6.66. The van der Waals surface area contributed by atoms with Gasteiger partial charge in [-0.25, -0.2) is 4.68 Å². The summed E-state index contributed by atoms with van der Waals surface area (Å²) < 4.78 is 1.82. The number of benzene rings is 1. The van der Waals surface area contributed by atoms with E-state index in [0.717, 1.165) is 24.2 Å². The van der Waals surface area contributed by atoms with E-state index in [9.17, 15) is 0 Å². The van der Waals surface area contributed by atoms with Crippen LogP contribution < -0.4 is 0 Å². The van der Waals surface area contributed by atoms with Gasteiger partial charge in [0, 0.05) is 5.92 Å². The van der Waals surface area contributed by atoms with Gasteiger partial charge in [0.2, 0.25) is 0 Å². The van der Waals surface area contributed by atoms with Gasteiger partial charge < -0.3 is 0 Å². The summed E-state index contributed by atoms with van der Waals surface area (Å²) in [7, 11) is 0. The Kier molecular flexibility index (Phi) is 2.83. The lowest BCUT2D eigenvalue weighted by atomic mass is 10.0. The molecule has 0 saturated heterocycles. The van der Waals surface area contributed by atoms with E-state index >= 15 is 0 Å². The quantitative estimate of drug-likeness (QED) is 0.843. The van der Waals surface area contributed by atoms with E-state index in [-0.39, 0.29) is 0 Å². The minimum Gasteiger partial charge on any atom is -0.216 e. The molecule has 0 bridgehead atoms. The highest BCUT2D eigenvalue weighted by molar-refractivity contribution is 5.41. The zero-order valence-corrected chi connectivity index (χ0v) is 11.2. The van der Waals surface area contributed by atoms with Crippen molar-refractivity contribution in [1.29, 1.82) is 5.26 Å². The van der Waals surface area contributed by atoms with E-state index in [0.29, 0.717) is 17.5 Å². The van der Waals surface area contributed by atoms with Gasteiger partial charge in [-0.05, 0) is 36.5 Å². The maximum absolute atomic E-state index is 9.11. The molecule has 1 aliphatic rings. The maximum Gasteiger partial charge on any atom is 0.186 e. The lowest BCUT2D eigenvalue weighted by molar-refractivity contribution is 0.762. The first-order valence-electron chi connectivity index (χ1n) is 6.66. The average Bonchev–Trinajstić information content (AvgIpc) is 3.17. The Morgan fingerprint density at radius 3 is 2.47 bits per heavy atom.